The van der Waals surface area contributed by atoms with Crippen LogP contribution >= 0.6 is 0 Å². The first kappa shape index (κ1) is 12.6. The second-order valence-electron chi connectivity index (χ2n) is 5.14. The van der Waals surface area contributed by atoms with E-state index in [4.69, 9.17) is 0 Å². The van der Waals surface area contributed by atoms with Crippen LogP contribution in [-0.2, 0) is 4.79 Å². The van der Waals surface area contributed by atoms with Crippen molar-refractivity contribution in [2.45, 2.75) is 26.7 Å². The van der Waals surface area contributed by atoms with Crippen molar-refractivity contribution in [3.05, 3.63) is 47.3 Å². The van der Waals surface area contributed by atoms with Crippen molar-refractivity contribution < 1.29 is 4.79 Å². The third-order valence-electron chi connectivity index (χ3n) is 3.40. The fourth-order valence-electron chi connectivity index (χ4n) is 2.44. The summed E-state index contributed by atoms with van der Waals surface area (Å²) in [6, 6.07) is 9.65. The highest BCUT2D eigenvalue weighted by Gasteiger charge is 2.37. The molecule has 5 nitrogen and oxygen atoms in total. The van der Waals surface area contributed by atoms with Crippen LogP contribution in [0.4, 0.5) is 5.69 Å². The fraction of sp³-hybridized carbons (Fsp3) is 0.267. The van der Waals surface area contributed by atoms with Gasteiger partial charge in [-0.2, -0.15) is 15.2 Å². The first-order valence-corrected chi connectivity index (χ1v) is 6.54. The first-order valence-electron chi connectivity index (χ1n) is 6.54. The standard InChI is InChI=1S/C15H16N4O/c1-9-5-4-6-12(7-9)19-15(20)14(11(3)18-19)13-8-10(2)16-17-13/h4-8,14H,1-3H3,(H,16,17). The molecule has 0 bridgehead atoms. The first-order chi connectivity index (χ1) is 9.56. The highest BCUT2D eigenvalue weighted by Crippen LogP contribution is 2.29. The molecule has 1 aromatic carbocycles. The van der Waals surface area contributed by atoms with Gasteiger partial charge in [0.05, 0.1) is 17.1 Å². The van der Waals surface area contributed by atoms with Gasteiger partial charge in [-0.25, -0.2) is 0 Å². The van der Waals surface area contributed by atoms with Crippen molar-refractivity contribution in [1.82, 2.24) is 10.2 Å². The number of aromatic nitrogens is 2. The summed E-state index contributed by atoms with van der Waals surface area (Å²) in [5.41, 5.74) is 4.33. The van der Waals surface area contributed by atoms with E-state index in [1.807, 2.05) is 51.1 Å². The Hall–Kier alpha value is -2.43. The zero-order valence-electron chi connectivity index (χ0n) is 11.7. The normalized spacial score (nSPS) is 18.6. The summed E-state index contributed by atoms with van der Waals surface area (Å²) in [4.78, 5) is 12.6. The maximum Gasteiger partial charge on any atom is 0.262 e. The average Bonchev–Trinajstić information content (AvgIpc) is 2.93. The number of rotatable bonds is 2. The number of carbonyl (C=O) groups excluding carboxylic acids is 1. The van der Waals surface area contributed by atoms with Gasteiger partial charge in [-0.15, -0.1) is 0 Å². The highest BCUT2D eigenvalue weighted by atomic mass is 16.2. The molecule has 2 aromatic rings. The summed E-state index contributed by atoms with van der Waals surface area (Å²) < 4.78 is 0. The summed E-state index contributed by atoms with van der Waals surface area (Å²) in [6.45, 7) is 5.78. The lowest BCUT2D eigenvalue weighted by Crippen LogP contribution is -2.25. The molecular formula is C15H16N4O. The van der Waals surface area contributed by atoms with Gasteiger partial charge in [-0.05, 0) is 44.5 Å². The van der Waals surface area contributed by atoms with Gasteiger partial charge >= 0.3 is 0 Å². The fourth-order valence-corrected chi connectivity index (χ4v) is 2.44. The molecule has 1 N–H and O–H groups in total. The molecule has 20 heavy (non-hydrogen) atoms. The van der Waals surface area contributed by atoms with Gasteiger partial charge in [0.15, 0.2) is 0 Å². The summed E-state index contributed by atoms with van der Waals surface area (Å²) in [6.07, 6.45) is 0. The monoisotopic (exact) mass is 268 g/mol. The molecule has 0 saturated heterocycles. The van der Waals surface area contributed by atoms with Crippen LogP contribution in [0.5, 0.6) is 0 Å². The van der Waals surface area contributed by atoms with E-state index in [2.05, 4.69) is 15.3 Å². The van der Waals surface area contributed by atoms with Crippen molar-refractivity contribution >= 4 is 17.3 Å². The van der Waals surface area contributed by atoms with E-state index in [1.54, 1.807) is 0 Å². The minimum atomic E-state index is -0.388. The maximum atomic E-state index is 12.6. The Morgan fingerprint density at radius 3 is 2.65 bits per heavy atom. The van der Waals surface area contributed by atoms with Crippen molar-refractivity contribution in [1.29, 1.82) is 0 Å². The Kier molecular flexibility index (Phi) is 2.89. The van der Waals surface area contributed by atoms with Crippen LogP contribution in [0.3, 0.4) is 0 Å². The molecule has 5 heteroatoms. The van der Waals surface area contributed by atoms with E-state index in [1.165, 1.54) is 5.01 Å². The van der Waals surface area contributed by atoms with Crippen molar-refractivity contribution in [2.24, 2.45) is 5.10 Å². The Bertz CT molecular complexity index is 701. The van der Waals surface area contributed by atoms with Crippen LogP contribution in [0.2, 0.25) is 0 Å². The smallest absolute Gasteiger partial charge is 0.262 e. The van der Waals surface area contributed by atoms with Crippen molar-refractivity contribution in [3.63, 3.8) is 0 Å². The molecule has 0 saturated carbocycles. The molecule has 1 aromatic heterocycles. The second-order valence-corrected chi connectivity index (χ2v) is 5.14. The van der Waals surface area contributed by atoms with Crippen LogP contribution in [0, 0.1) is 13.8 Å². The predicted molar refractivity (Wildman–Crippen MR) is 77.8 cm³/mol. The molecule has 1 aliphatic rings. The van der Waals surface area contributed by atoms with E-state index < -0.39 is 0 Å². The van der Waals surface area contributed by atoms with Gasteiger partial charge in [-0.1, -0.05) is 12.1 Å². The summed E-state index contributed by atoms with van der Waals surface area (Å²) >= 11 is 0. The van der Waals surface area contributed by atoms with E-state index >= 15 is 0 Å². The largest absolute Gasteiger partial charge is 0.283 e. The number of aryl methyl sites for hydroxylation is 2. The van der Waals surface area contributed by atoms with Crippen LogP contribution < -0.4 is 5.01 Å². The third-order valence-corrected chi connectivity index (χ3v) is 3.40. The summed E-state index contributed by atoms with van der Waals surface area (Å²) in [5, 5.41) is 12.9. The summed E-state index contributed by atoms with van der Waals surface area (Å²) in [5.74, 6) is -0.444. The Morgan fingerprint density at radius 1 is 1.20 bits per heavy atom. The van der Waals surface area contributed by atoms with Crippen LogP contribution in [0.15, 0.2) is 35.4 Å². The number of nitrogens with zero attached hydrogens (tertiary/aromatic N) is 3. The minimum absolute atomic E-state index is 0.0559. The molecule has 1 amide bonds. The Balaban J connectivity index is 1.96. The number of hydrogen-bond donors (Lipinski definition) is 1. The molecule has 0 aliphatic carbocycles. The molecule has 0 spiro atoms. The van der Waals surface area contributed by atoms with Crippen molar-refractivity contribution in [2.75, 3.05) is 5.01 Å². The Morgan fingerprint density at radius 2 is 2.00 bits per heavy atom. The van der Waals surface area contributed by atoms with Gasteiger partial charge in [0.25, 0.3) is 5.91 Å². The lowest BCUT2D eigenvalue weighted by Gasteiger charge is -2.13. The Labute approximate surface area is 117 Å². The van der Waals surface area contributed by atoms with Gasteiger partial charge in [0, 0.05) is 5.69 Å². The quantitative estimate of drug-likeness (QED) is 0.909. The number of hydrogen-bond acceptors (Lipinski definition) is 3. The molecule has 1 unspecified atom stereocenters. The molecular weight excluding hydrogens is 252 g/mol. The van der Waals surface area contributed by atoms with Gasteiger partial charge in [0.2, 0.25) is 0 Å². The lowest BCUT2D eigenvalue weighted by atomic mass is 10.0. The summed E-state index contributed by atoms with van der Waals surface area (Å²) in [7, 11) is 0. The molecule has 0 fully saturated rings. The number of carbonyl (C=O) groups is 1. The van der Waals surface area contributed by atoms with E-state index in [-0.39, 0.29) is 11.8 Å². The topological polar surface area (TPSA) is 61.4 Å². The number of aromatic amines is 1. The van der Waals surface area contributed by atoms with E-state index in [0.29, 0.717) is 0 Å². The molecule has 0 radical (unpaired) electrons. The van der Waals surface area contributed by atoms with Crippen LogP contribution in [0.1, 0.15) is 29.8 Å². The van der Waals surface area contributed by atoms with Crippen LogP contribution in [-0.4, -0.2) is 21.8 Å². The van der Waals surface area contributed by atoms with Crippen LogP contribution in [0.25, 0.3) is 0 Å². The second kappa shape index (κ2) is 4.59. The number of amides is 1. The number of nitrogens with one attached hydrogen (secondary N) is 1. The predicted octanol–water partition coefficient (Wildman–Crippen LogP) is 2.53. The minimum Gasteiger partial charge on any atom is -0.283 e. The molecule has 102 valence electrons. The number of benzene rings is 1. The van der Waals surface area contributed by atoms with Gasteiger partial charge in [-0.3, -0.25) is 9.89 Å². The van der Waals surface area contributed by atoms with E-state index in [9.17, 15) is 4.79 Å². The number of anilines is 1. The van der Waals surface area contributed by atoms with E-state index in [0.717, 1.165) is 28.4 Å². The lowest BCUT2D eigenvalue weighted by molar-refractivity contribution is -0.118. The average molecular weight is 268 g/mol. The molecule has 1 atom stereocenters. The molecule has 3 rings (SSSR count). The number of H-pyrrole nitrogens is 1. The highest BCUT2D eigenvalue weighted by molar-refractivity contribution is 6.18. The van der Waals surface area contributed by atoms with Gasteiger partial charge in [0.1, 0.15) is 5.92 Å². The zero-order valence-corrected chi connectivity index (χ0v) is 11.7. The van der Waals surface area contributed by atoms with Crippen molar-refractivity contribution in [3.8, 4) is 0 Å². The zero-order chi connectivity index (χ0) is 14.3. The third kappa shape index (κ3) is 2.01. The van der Waals surface area contributed by atoms with Gasteiger partial charge < -0.3 is 0 Å². The number of hydrazone groups is 1. The SMILES string of the molecule is CC1=NN(c2cccc(C)c2)C(=O)C1c1cc(C)[nH]n1. The maximum absolute atomic E-state index is 12.6. The molecule has 1 aliphatic heterocycles. The molecule has 2 heterocycles.